The van der Waals surface area contributed by atoms with E-state index in [2.05, 4.69) is 22.0 Å². The van der Waals surface area contributed by atoms with Crippen molar-refractivity contribution < 1.29 is 4.92 Å². The highest BCUT2D eigenvalue weighted by molar-refractivity contribution is 9.10. The van der Waals surface area contributed by atoms with Crippen LogP contribution in [0.15, 0.2) is 22.7 Å². The summed E-state index contributed by atoms with van der Waals surface area (Å²) in [7, 11) is 0. The zero-order valence-electron chi connectivity index (χ0n) is 9.15. The molecule has 0 heterocycles. The van der Waals surface area contributed by atoms with Crippen LogP contribution in [0.1, 0.15) is 24.8 Å². The predicted octanol–water partition coefficient (Wildman–Crippen LogP) is 3.59. The third-order valence-corrected chi connectivity index (χ3v) is 3.81. The van der Waals surface area contributed by atoms with Gasteiger partial charge in [-0.3, -0.25) is 10.1 Å². The number of nitro groups is 1. The Morgan fingerprint density at radius 2 is 2.24 bits per heavy atom. The fraction of sp³-hybridized carbons (Fsp3) is 0.417. The van der Waals surface area contributed by atoms with Crippen molar-refractivity contribution in [1.29, 1.82) is 5.26 Å². The van der Waals surface area contributed by atoms with E-state index >= 15 is 0 Å². The lowest BCUT2D eigenvalue weighted by Gasteiger charge is -2.35. The van der Waals surface area contributed by atoms with Gasteiger partial charge in [0.15, 0.2) is 0 Å². The molecular formula is C12H11BrN2O2. The number of nitrogens with zero attached hydrogens (tertiary/aromatic N) is 2. The normalized spacial score (nSPS) is 16.9. The smallest absolute Gasteiger partial charge is 0.258 e. The van der Waals surface area contributed by atoms with Gasteiger partial charge in [0.05, 0.1) is 16.4 Å². The summed E-state index contributed by atoms with van der Waals surface area (Å²) in [5.74, 6) is 0. The van der Waals surface area contributed by atoms with Crippen LogP contribution in [-0.4, -0.2) is 4.92 Å². The second-order valence-electron chi connectivity index (χ2n) is 4.45. The van der Waals surface area contributed by atoms with Gasteiger partial charge in [-0.25, -0.2) is 0 Å². The Morgan fingerprint density at radius 1 is 1.53 bits per heavy atom. The molecule has 0 unspecified atom stereocenters. The lowest BCUT2D eigenvalue weighted by molar-refractivity contribution is -0.385. The lowest BCUT2D eigenvalue weighted by Crippen LogP contribution is -2.30. The lowest BCUT2D eigenvalue weighted by atomic mass is 9.66. The first-order chi connectivity index (χ1) is 8.06. The van der Waals surface area contributed by atoms with Gasteiger partial charge in [0.25, 0.3) is 5.69 Å². The molecule has 1 saturated carbocycles. The molecule has 0 aromatic heterocycles. The molecule has 17 heavy (non-hydrogen) atoms. The van der Waals surface area contributed by atoms with Crippen molar-refractivity contribution in [1.82, 2.24) is 0 Å². The summed E-state index contributed by atoms with van der Waals surface area (Å²) in [4.78, 5) is 10.6. The van der Waals surface area contributed by atoms with Crippen molar-refractivity contribution in [3.63, 3.8) is 0 Å². The maximum Gasteiger partial charge on any atom is 0.273 e. The van der Waals surface area contributed by atoms with Gasteiger partial charge in [-0.2, -0.15) is 5.26 Å². The summed E-state index contributed by atoms with van der Waals surface area (Å²) in [5, 5.41) is 20.1. The number of halogens is 1. The first-order valence-corrected chi connectivity index (χ1v) is 6.20. The number of nitro benzene ring substituents is 1. The van der Waals surface area contributed by atoms with E-state index in [4.69, 9.17) is 5.26 Å². The molecule has 1 fully saturated rings. The van der Waals surface area contributed by atoms with Crippen molar-refractivity contribution in [2.45, 2.75) is 25.7 Å². The highest BCUT2D eigenvalue weighted by Gasteiger charge is 2.38. The van der Waals surface area contributed by atoms with Gasteiger partial charge in [0, 0.05) is 16.1 Å². The summed E-state index contributed by atoms with van der Waals surface area (Å²) in [6, 6.07) is 7.33. The largest absolute Gasteiger partial charge is 0.273 e. The van der Waals surface area contributed by atoms with Gasteiger partial charge >= 0.3 is 0 Å². The van der Waals surface area contributed by atoms with E-state index in [1.165, 1.54) is 6.07 Å². The second-order valence-corrected chi connectivity index (χ2v) is 5.37. The molecule has 0 aliphatic heterocycles. The van der Waals surface area contributed by atoms with Crippen LogP contribution in [0.2, 0.25) is 0 Å². The van der Waals surface area contributed by atoms with Gasteiger partial charge in [0.1, 0.15) is 0 Å². The molecule has 0 N–H and O–H groups in total. The number of nitriles is 1. The highest BCUT2D eigenvalue weighted by Crippen LogP contribution is 2.44. The highest BCUT2D eigenvalue weighted by atomic mass is 79.9. The Hall–Kier alpha value is -1.41. The van der Waals surface area contributed by atoms with Crippen molar-refractivity contribution in [3.8, 4) is 6.07 Å². The van der Waals surface area contributed by atoms with Gasteiger partial charge < -0.3 is 0 Å². The number of hydrogen-bond donors (Lipinski definition) is 0. The van der Waals surface area contributed by atoms with Gasteiger partial charge in [-0.1, -0.05) is 28.4 Å². The van der Waals surface area contributed by atoms with Crippen molar-refractivity contribution >= 4 is 21.6 Å². The van der Waals surface area contributed by atoms with Crippen molar-refractivity contribution in [3.05, 3.63) is 38.3 Å². The van der Waals surface area contributed by atoms with E-state index in [1.54, 1.807) is 12.1 Å². The molecule has 0 saturated heterocycles. The summed E-state index contributed by atoms with van der Waals surface area (Å²) >= 11 is 3.22. The molecule has 88 valence electrons. The Balaban J connectivity index is 2.33. The van der Waals surface area contributed by atoms with Gasteiger partial charge in [-0.15, -0.1) is 0 Å². The Labute approximate surface area is 108 Å². The van der Waals surface area contributed by atoms with Gasteiger partial charge in [0.2, 0.25) is 0 Å². The quantitative estimate of drug-likeness (QED) is 0.632. The fourth-order valence-corrected chi connectivity index (χ4v) is 2.50. The molecule has 5 heteroatoms. The number of benzene rings is 1. The minimum atomic E-state index is -0.385. The van der Waals surface area contributed by atoms with Crippen LogP contribution in [0.4, 0.5) is 5.69 Å². The van der Waals surface area contributed by atoms with E-state index < -0.39 is 0 Å². The minimum absolute atomic E-state index is 0.0981. The minimum Gasteiger partial charge on any atom is -0.258 e. The molecule has 1 aromatic carbocycles. The van der Waals surface area contributed by atoms with Crippen LogP contribution in [0, 0.1) is 26.9 Å². The van der Waals surface area contributed by atoms with Crippen LogP contribution < -0.4 is 0 Å². The number of rotatable bonds is 3. The number of hydrogen-bond acceptors (Lipinski definition) is 3. The summed E-state index contributed by atoms with van der Waals surface area (Å²) in [6.07, 6.45) is 3.21. The van der Waals surface area contributed by atoms with E-state index in [0.717, 1.165) is 19.3 Å². The molecule has 0 bridgehead atoms. The molecule has 1 aromatic rings. The Bertz CT molecular complexity index is 504. The predicted molar refractivity (Wildman–Crippen MR) is 66.4 cm³/mol. The molecule has 1 aliphatic rings. The molecular weight excluding hydrogens is 284 g/mol. The summed E-state index contributed by atoms with van der Waals surface area (Å²) in [5.41, 5.74) is 0.374. The van der Waals surface area contributed by atoms with Crippen molar-refractivity contribution in [2.24, 2.45) is 5.41 Å². The maximum absolute atomic E-state index is 11.0. The van der Waals surface area contributed by atoms with E-state index in [-0.39, 0.29) is 16.0 Å². The van der Waals surface area contributed by atoms with E-state index in [9.17, 15) is 10.1 Å². The third-order valence-electron chi connectivity index (χ3n) is 3.32. The van der Waals surface area contributed by atoms with Gasteiger partial charge in [-0.05, 0) is 25.3 Å². The molecule has 4 nitrogen and oxygen atoms in total. The average Bonchev–Trinajstić information content (AvgIpc) is 2.25. The molecule has 2 rings (SSSR count). The first-order valence-electron chi connectivity index (χ1n) is 5.40. The zero-order valence-corrected chi connectivity index (χ0v) is 10.7. The summed E-state index contributed by atoms with van der Waals surface area (Å²) in [6.45, 7) is 0. The molecule has 0 spiro atoms. The topological polar surface area (TPSA) is 66.9 Å². The molecule has 1 aliphatic carbocycles. The van der Waals surface area contributed by atoms with Crippen LogP contribution in [0.5, 0.6) is 0 Å². The maximum atomic E-state index is 11.0. The summed E-state index contributed by atoms with van der Waals surface area (Å²) < 4.78 is 0.688. The third kappa shape index (κ3) is 2.32. The molecule has 0 amide bonds. The van der Waals surface area contributed by atoms with Crippen molar-refractivity contribution in [2.75, 3.05) is 0 Å². The monoisotopic (exact) mass is 294 g/mol. The fourth-order valence-electron chi connectivity index (χ4n) is 2.15. The average molecular weight is 295 g/mol. The standard InChI is InChI=1S/C12H11BrN2O2/c13-10-3-2-9(11(6-10)15(16)17)7-12(8-14)4-1-5-12/h2-3,6H,1,4-5,7H2. The van der Waals surface area contributed by atoms with Crippen LogP contribution >= 0.6 is 15.9 Å². The Kier molecular flexibility index (Phi) is 3.16. The SMILES string of the molecule is N#CC1(Cc2ccc(Br)cc2[N+](=O)[O-])CCC1. The van der Waals surface area contributed by atoms with Crippen LogP contribution in [0.25, 0.3) is 0 Å². The van der Waals surface area contributed by atoms with E-state index in [0.29, 0.717) is 16.5 Å². The molecule has 0 radical (unpaired) electrons. The van der Waals surface area contributed by atoms with Crippen LogP contribution in [-0.2, 0) is 6.42 Å². The molecule has 0 atom stereocenters. The Morgan fingerprint density at radius 3 is 2.71 bits per heavy atom. The van der Waals surface area contributed by atoms with E-state index in [1.807, 2.05) is 0 Å². The zero-order chi connectivity index (χ0) is 12.5. The second kappa shape index (κ2) is 4.46. The van der Waals surface area contributed by atoms with Crippen LogP contribution in [0.3, 0.4) is 0 Å². The first kappa shape index (κ1) is 12.1.